The normalized spacial score (nSPS) is 14.8. The number of nitrogens with one attached hydrogen (secondary N) is 1. The Labute approximate surface area is 193 Å². The number of ether oxygens (including phenoxy) is 1. The molecule has 0 aromatic heterocycles. The lowest BCUT2D eigenvalue weighted by molar-refractivity contribution is -0.385. The van der Waals surface area contributed by atoms with Crippen LogP contribution in [0.25, 0.3) is 0 Å². The number of nitro benzene ring substituents is 1. The first-order valence-electron chi connectivity index (χ1n) is 11.1. The Morgan fingerprint density at radius 3 is 2.48 bits per heavy atom. The first kappa shape index (κ1) is 24.4. The summed E-state index contributed by atoms with van der Waals surface area (Å²) in [6.07, 6.45) is 1.64. The molecule has 2 aromatic carbocycles. The molecule has 0 saturated carbocycles. The van der Waals surface area contributed by atoms with E-state index in [0.717, 1.165) is 43.3 Å². The first-order chi connectivity index (χ1) is 15.7. The van der Waals surface area contributed by atoms with Crippen LogP contribution in [0.15, 0.2) is 42.5 Å². The van der Waals surface area contributed by atoms with Crippen LogP contribution in [0.5, 0.6) is 5.75 Å². The monoisotopic (exact) mass is 458 g/mol. The summed E-state index contributed by atoms with van der Waals surface area (Å²) in [5.74, 6) is 0.0809. The van der Waals surface area contributed by atoms with Gasteiger partial charge in [0.05, 0.1) is 23.6 Å². The number of likely N-dealkylation sites (tertiary alicyclic amines) is 1. The van der Waals surface area contributed by atoms with E-state index < -0.39 is 10.7 Å². The highest BCUT2D eigenvalue weighted by molar-refractivity contribution is 5.74. The Morgan fingerprint density at radius 1 is 1.24 bits per heavy atom. The smallest absolute Gasteiger partial charge is 0.318 e. The summed E-state index contributed by atoms with van der Waals surface area (Å²) in [6.45, 7) is 5.97. The second kappa shape index (κ2) is 11.1. The number of halogens is 1. The van der Waals surface area contributed by atoms with Crippen LogP contribution in [0.2, 0.25) is 0 Å². The third kappa shape index (κ3) is 6.89. The molecule has 0 spiro atoms. The van der Waals surface area contributed by atoms with Gasteiger partial charge in [0.15, 0.2) is 0 Å². The average molecular weight is 459 g/mol. The van der Waals surface area contributed by atoms with Crippen LogP contribution in [0.1, 0.15) is 37.8 Å². The minimum Gasteiger partial charge on any atom is -0.491 e. The van der Waals surface area contributed by atoms with Crippen molar-refractivity contribution in [3.05, 3.63) is 69.5 Å². The lowest BCUT2D eigenvalue weighted by atomic mass is 10.0. The molecule has 178 valence electrons. The number of benzene rings is 2. The molecule has 2 amide bonds. The lowest BCUT2D eigenvalue weighted by Crippen LogP contribution is -2.49. The molecule has 0 atom stereocenters. The molecule has 1 aliphatic rings. The van der Waals surface area contributed by atoms with E-state index in [-0.39, 0.29) is 36.0 Å². The zero-order valence-corrected chi connectivity index (χ0v) is 19.3. The molecule has 1 aliphatic heterocycles. The van der Waals surface area contributed by atoms with Crippen molar-refractivity contribution in [2.24, 2.45) is 0 Å². The predicted molar refractivity (Wildman–Crippen MR) is 124 cm³/mol. The molecule has 8 nitrogen and oxygen atoms in total. The van der Waals surface area contributed by atoms with Gasteiger partial charge in [-0.2, -0.15) is 0 Å². The van der Waals surface area contributed by atoms with Crippen LogP contribution >= 0.6 is 0 Å². The number of hydrogen-bond acceptors (Lipinski definition) is 5. The third-order valence-electron chi connectivity index (χ3n) is 5.72. The molecule has 9 heteroatoms. The highest BCUT2D eigenvalue weighted by Gasteiger charge is 2.28. The Morgan fingerprint density at radius 2 is 1.91 bits per heavy atom. The minimum absolute atomic E-state index is 0.0439. The fourth-order valence-corrected chi connectivity index (χ4v) is 3.87. The Kier molecular flexibility index (Phi) is 8.21. The highest BCUT2D eigenvalue weighted by Crippen LogP contribution is 2.23. The number of nitrogens with zero attached hydrogens (tertiary/aromatic N) is 3. The summed E-state index contributed by atoms with van der Waals surface area (Å²) in [5, 5.41) is 13.9. The molecule has 0 radical (unpaired) electrons. The van der Waals surface area contributed by atoms with Gasteiger partial charge in [-0.3, -0.25) is 10.1 Å². The number of urea groups is 1. The van der Waals surface area contributed by atoms with E-state index in [4.69, 9.17) is 4.74 Å². The molecule has 1 fully saturated rings. The summed E-state index contributed by atoms with van der Waals surface area (Å²) in [7, 11) is 2.03. The van der Waals surface area contributed by atoms with Gasteiger partial charge in [0.1, 0.15) is 11.6 Å². The number of hydrogen-bond donors (Lipinski definition) is 1. The number of non-ortho nitro benzene ring substituents is 1. The molecule has 3 rings (SSSR count). The summed E-state index contributed by atoms with van der Waals surface area (Å²) in [6, 6.07) is 10.7. The van der Waals surface area contributed by atoms with Crippen molar-refractivity contribution in [3.8, 4) is 5.75 Å². The number of nitro groups is 1. The van der Waals surface area contributed by atoms with Crippen molar-refractivity contribution >= 4 is 11.7 Å². The van der Waals surface area contributed by atoms with Crippen molar-refractivity contribution in [1.82, 2.24) is 15.1 Å². The number of amides is 2. The van der Waals surface area contributed by atoms with Gasteiger partial charge in [0.25, 0.3) is 5.69 Å². The standard InChI is InChI=1S/C24H31FN4O4/c1-17(2)33-22-8-4-18(5-9-22)15-26-24(30)28(20-10-12-27(3)13-11-20)16-19-6-7-21(29(31)32)14-23(19)25/h4-9,14,17,20H,10-13,15-16H2,1-3H3,(H,26,30). The van der Waals surface area contributed by atoms with Gasteiger partial charge in [-0.15, -0.1) is 0 Å². The van der Waals surface area contributed by atoms with E-state index in [2.05, 4.69) is 10.2 Å². The minimum atomic E-state index is -0.685. The zero-order valence-electron chi connectivity index (χ0n) is 19.3. The first-order valence-corrected chi connectivity index (χ1v) is 11.1. The SMILES string of the molecule is CC(C)Oc1ccc(CNC(=O)N(Cc2ccc([N+](=O)[O-])cc2F)C2CCN(C)CC2)cc1. The van der Waals surface area contributed by atoms with Crippen molar-refractivity contribution < 1.29 is 18.8 Å². The Bertz CT molecular complexity index is 959. The van der Waals surface area contributed by atoms with Crippen LogP contribution in [0.3, 0.4) is 0 Å². The number of carbonyl (C=O) groups is 1. The van der Waals surface area contributed by atoms with Gasteiger partial charge >= 0.3 is 6.03 Å². The second-order valence-electron chi connectivity index (χ2n) is 8.66. The van der Waals surface area contributed by atoms with Gasteiger partial charge in [-0.1, -0.05) is 12.1 Å². The Hall–Kier alpha value is -3.20. The average Bonchev–Trinajstić information content (AvgIpc) is 2.78. The number of piperidine rings is 1. The van der Waals surface area contributed by atoms with Crippen molar-refractivity contribution in [2.45, 2.75) is 51.9 Å². The molecule has 0 unspecified atom stereocenters. The van der Waals surface area contributed by atoms with E-state index >= 15 is 0 Å². The van der Waals surface area contributed by atoms with Crippen LogP contribution in [0, 0.1) is 15.9 Å². The molecular formula is C24H31FN4O4. The summed E-state index contributed by atoms with van der Waals surface area (Å²) >= 11 is 0. The molecule has 2 aromatic rings. The van der Waals surface area contributed by atoms with Crippen LogP contribution in [0.4, 0.5) is 14.9 Å². The van der Waals surface area contributed by atoms with E-state index in [1.807, 2.05) is 45.2 Å². The largest absolute Gasteiger partial charge is 0.491 e. The van der Waals surface area contributed by atoms with Crippen molar-refractivity contribution in [3.63, 3.8) is 0 Å². The zero-order chi connectivity index (χ0) is 24.0. The lowest BCUT2D eigenvalue weighted by Gasteiger charge is -2.37. The van der Waals surface area contributed by atoms with Gasteiger partial charge < -0.3 is 19.9 Å². The molecule has 1 saturated heterocycles. The van der Waals surface area contributed by atoms with Gasteiger partial charge in [-0.25, -0.2) is 9.18 Å². The summed E-state index contributed by atoms with van der Waals surface area (Å²) < 4.78 is 20.2. The Balaban J connectivity index is 1.71. The second-order valence-corrected chi connectivity index (χ2v) is 8.66. The number of rotatable bonds is 8. The molecular weight excluding hydrogens is 427 g/mol. The predicted octanol–water partition coefficient (Wildman–Crippen LogP) is 4.33. The maximum absolute atomic E-state index is 14.6. The highest BCUT2D eigenvalue weighted by atomic mass is 19.1. The fourth-order valence-electron chi connectivity index (χ4n) is 3.87. The topological polar surface area (TPSA) is 87.9 Å². The summed E-state index contributed by atoms with van der Waals surface area (Å²) in [4.78, 5) is 27.3. The molecule has 0 bridgehead atoms. The van der Waals surface area contributed by atoms with Gasteiger partial charge in [-0.05, 0) is 70.6 Å². The fraction of sp³-hybridized carbons (Fsp3) is 0.458. The van der Waals surface area contributed by atoms with Crippen LogP contribution in [-0.4, -0.2) is 53.0 Å². The van der Waals surface area contributed by atoms with Crippen molar-refractivity contribution in [2.75, 3.05) is 20.1 Å². The van der Waals surface area contributed by atoms with Gasteiger partial charge in [0.2, 0.25) is 0 Å². The maximum Gasteiger partial charge on any atom is 0.318 e. The van der Waals surface area contributed by atoms with Gasteiger partial charge in [0, 0.05) is 24.2 Å². The van der Waals surface area contributed by atoms with Crippen LogP contribution in [-0.2, 0) is 13.1 Å². The third-order valence-corrected chi connectivity index (χ3v) is 5.72. The maximum atomic E-state index is 14.6. The summed E-state index contributed by atoms with van der Waals surface area (Å²) in [5.41, 5.74) is 0.866. The number of carbonyl (C=O) groups excluding carboxylic acids is 1. The van der Waals surface area contributed by atoms with E-state index in [1.54, 1.807) is 4.90 Å². The van der Waals surface area contributed by atoms with E-state index in [0.29, 0.717) is 6.54 Å². The van der Waals surface area contributed by atoms with Crippen LogP contribution < -0.4 is 10.1 Å². The molecule has 33 heavy (non-hydrogen) atoms. The molecule has 1 N–H and O–H groups in total. The molecule has 1 heterocycles. The van der Waals surface area contributed by atoms with E-state index in [9.17, 15) is 19.3 Å². The molecule has 0 aliphatic carbocycles. The van der Waals surface area contributed by atoms with E-state index in [1.165, 1.54) is 12.1 Å². The van der Waals surface area contributed by atoms with Crippen molar-refractivity contribution in [1.29, 1.82) is 0 Å². The quantitative estimate of drug-likeness (QED) is 0.470.